The summed E-state index contributed by atoms with van der Waals surface area (Å²) in [5.41, 5.74) is 0.385. The minimum absolute atomic E-state index is 0.312. The molecule has 1 aliphatic rings. The Morgan fingerprint density at radius 2 is 2.23 bits per heavy atom. The van der Waals surface area contributed by atoms with E-state index >= 15 is 0 Å². The van der Waals surface area contributed by atoms with Crippen LogP contribution in [0.25, 0.3) is 0 Å². The van der Waals surface area contributed by atoms with Crippen LogP contribution in [-0.2, 0) is 11.2 Å². The maximum atomic E-state index is 11.9. The van der Waals surface area contributed by atoms with Crippen molar-refractivity contribution in [3.8, 4) is 0 Å². The van der Waals surface area contributed by atoms with Gasteiger partial charge < -0.3 is 14.9 Å². The first-order valence-electron chi connectivity index (χ1n) is 7.18. The molecular formula is C15H16ClN3O3. The Balaban J connectivity index is 1.50. The van der Waals surface area contributed by atoms with Crippen molar-refractivity contribution in [3.05, 3.63) is 46.6 Å². The summed E-state index contributed by atoms with van der Waals surface area (Å²) in [6.07, 6.45) is 1.36. The quantitative estimate of drug-likeness (QED) is 0.849. The van der Waals surface area contributed by atoms with Crippen molar-refractivity contribution in [2.24, 2.45) is 0 Å². The number of amides is 1. The molecule has 0 bridgehead atoms. The van der Waals surface area contributed by atoms with E-state index in [1.54, 1.807) is 24.3 Å². The van der Waals surface area contributed by atoms with Gasteiger partial charge in [-0.05, 0) is 18.9 Å². The van der Waals surface area contributed by atoms with E-state index in [0.717, 1.165) is 18.7 Å². The minimum Gasteiger partial charge on any atom is -0.378 e. The predicted molar refractivity (Wildman–Crippen MR) is 79.4 cm³/mol. The van der Waals surface area contributed by atoms with E-state index in [0.29, 0.717) is 35.4 Å². The highest BCUT2D eigenvalue weighted by Crippen LogP contribution is 2.38. The van der Waals surface area contributed by atoms with Gasteiger partial charge in [-0.15, -0.1) is 0 Å². The van der Waals surface area contributed by atoms with Crippen LogP contribution >= 0.6 is 11.6 Å². The zero-order valence-electron chi connectivity index (χ0n) is 11.8. The van der Waals surface area contributed by atoms with Crippen LogP contribution in [0.5, 0.6) is 0 Å². The van der Waals surface area contributed by atoms with Crippen molar-refractivity contribution in [1.82, 2.24) is 15.5 Å². The summed E-state index contributed by atoms with van der Waals surface area (Å²) in [5.74, 6) is 1.18. The standard InChI is InChI=1S/C15H16ClN3O3/c16-11-4-2-1-3-10(11)13(20)15(21)17-8-7-12-18-14(19-22-12)9-5-6-9/h1-4,9,13,20H,5-8H2,(H,17,21)/t13-/m1/s1. The molecule has 1 aromatic carbocycles. The molecule has 1 saturated carbocycles. The summed E-state index contributed by atoms with van der Waals surface area (Å²) in [6, 6.07) is 6.71. The van der Waals surface area contributed by atoms with Crippen LogP contribution in [0.15, 0.2) is 28.8 Å². The highest BCUT2D eigenvalue weighted by atomic mass is 35.5. The van der Waals surface area contributed by atoms with Crippen LogP contribution in [0, 0.1) is 0 Å². The van der Waals surface area contributed by atoms with Crippen LogP contribution in [0.4, 0.5) is 0 Å². The summed E-state index contributed by atoms with van der Waals surface area (Å²) >= 11 is 5.96. The van der Waals surface area contributed by atoms with Crippen LogP contribution in [0.1, 0.15) is 42.1 Å². The first-order chi connectivity index (χ1) is 10.6. The lowest BCUT2D eigenvalue weighted by atomic mass is 10.1. The van der Waals surface area contributed by atoms with E-state index in [4.69, 9.17) is 16.1 Å². The van der Waals surface area contributed by atoms with Crippen LogP contribution < -0.4 is 5.32 Å². The number of benzene rings is 1. The Kier molecular flexibility index (Phi) is 4.40. The molecule has 1 heterocycles. The van der Waals surface area contributed by atoms with Gasteiger partial charge in [0, 0.05) is 29.5 Å². The third-order valence-corrected chi connectivity index (χ3v) is 3.86. The summed E-state index contributed by atoms with van der Waals surface area (Å²) < 4.78 is 5.12. The van der Waals surface area contributed by atoms with Crippen molar-refractivity contribution in [1.29, 1.82) is 0 Å². The maximum absolute atomic E-state index is 11.9. The van der Waals surface area contributed by atoms with E-state index in [-0.39, 0.29) is 0 Å². The van der Waals surface area contributed by atoms with Crippen molar-refractivity contribution < 1.29 is 14.4 Å². The molecule has 1 atom stereocenters. The summed E-state index contributed by atoms with van der Waals surface area (Å²) in [6.45, 7) is 0.312. The third kappa shape index (κ3) is 3.45. The number of rotatable bonds is 6. The molecule has 0 spiro atoms. The number of aliphatic hydroxyl groups excluding tert-OH is 1. The largest absolute Gasteiger partial charge is 0.378 e. The lowest BCUT2D eigenvalue weighted by Crippen LogP contribution is -2.31. The van der Waals surface area contributed by atoms with E-state index in [1.165, 1.54) is 0 Å². The van der Waals surface area contributed by atoms with Gasteiger partial charge in [-0.2, -0.15) is 4.98 Å². The molecule has 0 aliphatic heterocycles. The number of hydrogen-bond donors (Lipinski definition) is 2. The van der Waals surface area contributed by atoms with Gasteiger partial charge in [-0.3, -0.25) is 4.79 Å². The third-order valence-electron chi connectivity index (χ3n) is 3.51. The van der Waals surface area contributed by atoms with Crippen molar-refractivity contribution in [2.45, 2.75) is 31.3 Å². The highest BCUT2D eigenvalue weighted by Gasteiger charge is 2.28. The molecule has 1 fully saturated rings. The Morgan fingerprint density at radius 1 is 1.45 bits per heavy atom. The fraction of sp³-hybridized carbons (Fsp3) is 0.400. The molecule has 0 saturated heterocycles. The van der Waals surface area contributed by atoms with Crippen molar-refractivity contribution in [2.75, 3.05) is 6.54 Å². The average molecular weight is 322 g/mol. The Labute approximate surface area is 132 Å². The average Bonchev–Trinajstić information content (AvgIpc) is 3.27. The van der Waals surface area contributed by atoms with Crippen LogP contribution in [0.3, 0.4) is 0 Å². The Hall–Kier alpha value is -1.92. The van der Waals surface area contributed by atoms with Gasteiger partial charge in [-0.1, -0.05) is 35.0 Å². The molecule has 0 radical (unpaired) electrons. The zero-order chi connectivity index (χ0) is 15.5. The molecule has 1 aliphatic carbocycles. The molecule has 3 rings (SSSR count). The number of nitrogens with zero attached hydrogens (tertiary/aromatic N) is 2. The second-order valence-corrected chi connectivity index (χ2v) is 5.69. The number of hydrogen-bond acceptors (Lipinski definition) is 5. The molecule has 2 aromatic rings. The van der Waals surface area contributed by atoms with Crippen LogP contribution in [0.2, 0.25) is 5.02 Å². The van der Waals surface area contributed by atoms with Gasteiger partial charge in [-0.25, -0.2) is 0 Å². The number of nitrogens with one attached hydrogen (secondary N) is 1. The molecule has 6 nitrogen and oxygen atoms in total. The second kappa shape index (κ2) is 6.46. The van der Waals surface area contributed by atoms with Gasteiger partial charge in [0.1, 0.15) is 0 Å². The Bertz CT molecular complexity index is 670. The zero-order valence-corrected chi connectivity index (χ0v) is 12.6. The minimum atomic E-state index is -1.29. The lowest BCUT2D eigenvalue weighted by molar-refractivity contribution is -0.129. The predicted octanol–water partition coefficient (Wildman–Crippen LogP) is 1.99. The number of carbonyl (C=O) groups excluding carboxylic acids is 1. The van der Waals surface area contributed by atoms with Crippen LogP contribution in [-0.4, -0.2) is 27.7 Å². The number of aliphatic hydroxyl groups is 1. The highest BCUT2D eigenvalue weighted by molar-refractivity contribution is 6.31. The normalized spacial score (nSPS) is 15.5. The fourth-order valence-corrected chi connectivity index (χ4v) is 2.34. The van der Waals surface area contributed by atoms with Gasteiger partial charge in [0.15, 0.2) is 11.9 Å². The first kappa shape index (κ1) is 15.0. The van der Waals surface area contributed by atoms with E-state index in [2.05, 4.69) is 15.5 Å². The number of halogens is 1. The lowest BCUT2D eigenvalue weighted by Gasteiger charge is -2.12. The fourth-order valence-electron chi connectivity index (χ4n) is 2.10. The molecule has 1 amide bonds. The van der Waals surface area contributed by atoms with Gasteiger partial charge in [0.2, 0.25) is 5.89 Å². The van der Waals surface area contributed by atoms with E-state index in [1.807, 2.05) is 0 Å². The molecule has 7 heteroatoms. The summed E-state index contributed by atoms with van der Waals surface area (Å²) in [7, 11) is 0. The van der Waals surface area contributed by atoms with Crippen molar-refractivity contribution >= 4 is 17.5 Å². The topological polar surface area (TPSA) is 88.3 Å². The first-order valence-corrected chi connectivity index (χ1v) is 7.55. The van der Waals surface area contributed by atoms with E-state index < -0.39 is 12.0 Å². The molecule has 22 heavy (non-hydrogen) atoms. The SMILES string of the molecule is O=C(NCCc1nc(C2CC2)no1)[C@H](O)c1ccccc1Cl. The monoisotopic (exact) mass is 321 g/mol. The Morgan fingerprint density at radius 3 is 2.95 bits per heavy atom. The molecular weight excluding hydrogens is 306 g/mol. The maximum Gasteiger partial charge on any atom is 0.253 e. The molecule has 2 N–H and O–H groups in total. The van der Waals surface area contributed by atoms with Gasteiger partial charge in [0.05, 0.1) is 0 Å². The van der Waals surface area contributed by atoms with Crippen molar-refractivity contribution in [3.63, 3.8) is 0 Å². The van der Waals surface area contributed by atoms with Gasteiger partial charge in [0.25, 0.3) is 5.91 Å². The number of carbonyl (C=O) groups is 1. The smallest absolute Gasteiger partial charge is 0.253 e. The van der Waals surface area contributed by atoms with Gasteiger partial charge >= 0.3 is 0 Å². The molecule has 1 aromatic heterocycles. The number of aromatic nitrogens is 2. The molecule has 116 valence electrons. The summed E-state index contributed by atoms with van der Waals surface area (Å²) in [5, 5.41) is 16.9. The van der Waals surface area contributed by atoms with E-state index in [9.17, 15) is 9.90 Å². The molecule has 0 unspecified atom stereocenters. The summed E-state index contributed by atoms with van der Waals surface area (Å²) in [4.78, 5) is 16.2. The second-order valence-electron chi connectivity index (χ2n) is 5.29.